The van der Waals surface area contributed by atoms with E-state index in [1.54, 1.807) is 7.05 Å². The predicted octanol–water partition coefficient (Wildman–Crippen LogP) is -0.0157. The maximum atomic E-state index is 5.60. The summed E-state index contributed by atoms with van der Waals surface area (Å²) in [5, 5.41) is 3.10. The number of nitrogens with one attached hydrogen (secondary N) is 2. The van der Waals surface area contributed by atoms with E-state index < -0.39 is 0 Å². The van der Waals surface area contributed by atoms with Crippen LogP contribution in [0.15, 0.2) is 4.99 Å². The summed E-state index contributed by atoms with van der Waals surface area (Å²) >= 11 is 0. The summed E-state index contributed by atoms with van der Waals surface area (Å²) in [5.74, 6) is 5.85. The van der Waals surface area contributed by atoms with Gasteiger partial charge in [-0.3, -0.25) is 10.4 Å². The molecule has 14 heavy (non-hydrogen) atoms. The van der Waals surface area contributed by atoms with Crippen LogP contribution in [0.4, 0.5) is 0 Å². The average Bonchev–Trinajstić information content (AvgIpc) is 2.26. The molecule has 5 nitrogen and oxygen atoms in total. The second kappa shape index (κ2) is 6.62. The fraction of sp³-hybridized carbons (Fsp3) is 0.889. The molecule has 0 bridgehead atoms. The first-order chi connectivity index (χ1) is 6.86. The summed E-state index contributed by atoms with van der Waals surface area (Å²) in [7, 11) is 1.69. The average molecular weight is 200 g/mol. The number of hydrogen-bond acceptors (Lipinski definition) is 3. The zero-order chi connectivity index (χ0) is 10.2. The van der Waals surface area contributed by atoms with E-state index >= 15 is 0 Å². The monoisotopic (exact) mass is 200 g/mol. The van der Waals surface area contributed by atoms with Gasteiger partial charge >= 0.3 is 0 Å². The highest BCUT2D eigenvalue weighted by Crippen LogP contribution is 2.14. The van der Waals surface area contributed by atoms with E-state index in [0.717, 1.165) is 19.6 Å². The highest BCUT2D eigenvalue weighted by atomic mass is 16.5. The van der Waals surface area contributed by atoms with Gasteiger partial charge in [-0.15, -0.1) is 0 Å². The normalized spacial score (nSPS) is 23.3. The molecule has 4 N–H and O–H groups in total. The van der Waals surface area contributed by atoms with Crippen molar-refractivity contribution in [1.82, 2.24) is 10.7 Å². The van der Waals surface area contributed by atoms with Crippen LogP contribution in [-0.4, -0.2) is 32.3 Å². The highest BCUT2D eigenvalue weighted by Gasteiger charge is 2.12. The van der Waals surface area contributed by atoms with Crippen LogP contribution in [0.3, 0.4) is 0 Å². The maximum Gasteiger partial charge on any atom is 0.205 e. The lowest BCUT2D eigenvalue weighted by Crippen LogP contribution is -2.42. The molecule has 0 spiro atoms. The van der Waals surface area contributed by atoms with Crippen LogP contribution in [-0.2, 0) is 4.74 Å². The number of rotatable bonds is 3. The van der Waals surface area contributed by atoms with Gasteiger partial charge in [-0.2, -0.15) is 0 Å². The number of aliphatic imine (C=N–C) groups is 1. The second-order valence-corrected chi connectivity index (χ2v) is 3.42. The van der Waals surface area contributed by atoms with Gasteiger partial charge in [-0.25, -0.2) is 5.84 Å². The topological polar surface area (TPSA) is 71.7 Å². The SMILES string of the molecule is CN=C(NN)NCCC1CCCCO1. The molecule has 0 saturated carbocycles. The van der Waals surface area contributed by atoms with Crippen LogP contribution in [0.5, 0.6) is 0 Å². The van der Waals surface area contributed by atoms with E-state index in [1.807, 2.05) is 0 Å². The van der Waals surface area contributed by atoms with Crippen LogP contribution in [0.25, 0.3) is 0 Å². The fourth-order valence-corrected chi connectivity index (χ4v) is 1.58. The van der Waals surface area contributed by atoms with Crippen molar-refractivity contribution in [2.24, 2.45) is 10.8 Å². The minimum atomic E-state index is 0.409. The largest absolute Gasteiger partial charge is 0.378 e. The predicted molar refractivity (Wildman–Crippen MR) is 56.9 cm³/mol. The highest BCUT2D eigenvalue weighted by molar-refractivity contribution is 5.78. The summed E-state index contributed by atoms with van der Waals surface area (Å²) in [5.41, 5.74) is 2.49. The Balaban J connectivity index is 2.07. The van der Waals surface area contributed by atoms with Crippen molar-refractivity contribution < 1.29 is 4.74 Å². The standard InChI is InChI=1S/C9H20N4O/c1-11-9(13-10)12-6-5-8-4-2-3-7-14-8/h8H,2-7,10H2,1H3,(H2,11,12,13). The Hall–Kier alpha value is -0.810. The first-order valence-corrected chi connectivity index (χ1v) is 5.15. The van der Waals surface area contributed by atoms with Gasteiger partial charge in [0.2, 0.25) is 5.96 Å². The second-order valence-electron chi connectivity index (χ2n) is 3.42. The zero-order valence-corrected chi connectivity index (χ0v) is 8.75. The molecule has 1 rings (SSSR count). The molecule has 0 aromatic heterocycles. The van der Waals surface area contributed by atoms with Crippen molar-refractivity contribution >= 4 is 5.96 Å². The van der Waals surface area contributed by atoms with Gasteiger partial charge in [0, 0.05) is 20.2 Å². The van der Waals surface area contributed by atoms with E-state index in [9.17, 15) is 0 Å². The number of nitrogens with two attached hydrogens (primary N) is 1. The Morgan fingerprint density at radius 3 is 3.00 bits per heavy atom. The maximum absolute atomic E-state index is 5.60. The van der Waals surface area contributed by atoms with Gasteiger partial charge in [0.25, 0.3) is 0 Å². The number of guanidine groups is 1. The molecule has 0 aromatic rings. The Morgan fingerprint density at radius 1 is 1.57 bits per heavy atom. The molecule has 82 valence electrons. The van der Waals surface area contributed by atoms with Gasteiger partial charge in [0.1, 0.15) is 0 Å². The lowest BCUT2D eigenvalue weighted by molar-refractivity contribution is 0.0122. The van der Waals surface area contributed by atoms with Crippen molar-refractivity contribution in [3.8, 4) is 0 Å². The number of nitrogens with zero attached hydrogens (tertiary/aromatic N) is 1. The summed E-state index contributed by atoms with van der Waals surface area (Å²) in [6.45, 7) is 1.76. The Labute approximate surface area is 85.1 Å². The Morgan fingerprint density at radius 2 is 2.43 bits per heavy atom. The molecule has 5 heteroatoms. The molecule has 1 saturated heterocycles. The van der Waals surface area contributed by atoms with E-state index in [-0.39, 0.29) is 0 Å². The van der Waals surface area contributed by atoms with Gasteiger partial charge in [0.05, 0.1) is 6.10 Å². The number of ether oxygens (including phenoxy) is 1. The summed E-state index contributed by atoms with van der Waals surface area (Å²) in [4.78, 5) is 3.92. The summed E-state index contributed by atoms with van der Waals surface area (Å²) < 4.78 is 5.60. The van der Waals surface area contributed by atoms with Crippen LogP contribution >= 0.6 is 0 Å². The van der Waals surface area contributed by atoms with Crippen LogP contribution in [0.2, 0.25) is 0 Å². The molecule has 1 atom stereocenters. The first-order valence-electron chi connectivity index (χ1n) is 5.15. The smallest absolute Gasteiger partial charge is 0.205 e. The first kappa shape index (κ1) is 11.3. The van der Waals surface area contributed by atoms with Crippen molar-refractivity contribution in [2.75, 3.05) is 20.2 Å². The summed E-state index contributed by atoms with van der Waals surface area (Å²) in [6, 6.07) is 0. The van der Waals surface area contributed by atoms with Crippen molar-refractivity contribution in [1.29, 1.82) is 0 Å². The third kappa shape index (κ3) is 3.93. The van der Waals surface area contributed by atoms with Gasteiger partial charge in [0.15, 0.2) is 0 Å². The zero-order valence-electron chi connectivity index (χ0n) is 8.75. The molecule has 1 aliphatic rings. The van der Waals surface area contributed by atoms with Crippen molar-refractivity contribution in [2.45, 2.75) is 31.8 Å². The van der Waals surface area contributed by atoms with Crippen molar-refractivity contribution in [3.05, 3.63) is 0 Å². The molecular formula is C9H20N4O. The lowest BCUT2D eigenvalue weighted by Gasteiger charge is -2.22. The van der Waals surface area contributed by atoms with E-state index in [4.69, 9.17) is 10.6 Å². The minimum Gasteiger partial charge on any atom is -0.378 e. The van der Waals surface area contributed by atoms with Crippen molar-refractivity contribution in [3.63, 3.8) is 0 Å². The summed E-state index contributed by atoms with van der Waals surface area (Å²) in [6.07, 6.45) is 5.09. The quantitative estimate of drug-likeness (QED) is 0.259. The van der Waals surface area contributed by atoms with Gasteiger partial charge in [-0.1, -0.05) is 0 Å². The molecule has 1 aliphatic heterocycles. The van der Waals surface area contributed by atoms with Crippen LogP contribution in [0, 0.1) is 0 Å². The molecule has 0 aliphatic carbocycles. The lowest BCUT2D eigenvalue weighted by atomic mass is 10.1. The Kier molecular flexibility index (Phi) is 5.32. The fourth-order valence-electron chi connectivity index (χ4n) is 1.58. The van der Waals surface area contributed by atoms with E-state index in [1.165, 1.54) is 19.3 Å². The molecular weight excluding hydrogens is 180 g/mol. The van der Waals surface area contributed by atoms with Crippen LogP contribution < -0.4 is 16.6 Å². The Bertz CT molecular complexity index is 178. The van der Waals surface area contributed by atoms with Crippen LogP contribution in [0.1, 0.15) is 25.7 Å². The third-order valence-corrected chi connectivity index (χ3v) is 2.39. The number of hydrogen-bond donors (Lipinski definition) is 3. The third-order valence-electron chi connectivity index (χ3n) is 2.39. The molecule has 1 unspecified atom stereocenters. The van der Waals surface area contributed by atoms with E-state index in [0.29, 0.717) is 12.1 Å². The number of hydrazine groups is 1. The van der Waals surface area contributed by atoms with Gasteiger partial charge in [-0.05, 0) is 25.7 Å². The molecule has 0 radical (unpaired) electrons. The molecule has 0 amide bonds. The van der Waals surface area contributed by atoms with E-state index in [2.05, 4.69) is 15.7 Å². The minimum absolute atomic E-state index is 0.409. The molecule has 0 aromatic carbocycles. The molecule has 1 heterocycles. The molecule has 1 fully saturated rings. The van der Waals surface area contributed by atoms with Gasteiger partial charge < -0.3 is 10.1 Å².